The van der Waals surface area contributed by atoms with E-state index in [4.69, 9.17) is 5.73 Å². The van der Waals surface area contributed by atoms with E-state index in [2.05, 4.69) is 26.1 Å². The first-order valence-corrected chi connectivity index (χ1v) is 6.35. The normalized spacial score (nSPS) is 11.4. The van der Waals surface area contributed by atoms with Gasteiger partial charge in [0.05, 0.1) is 0 Å². The molecule has 0 atom stereocenters. The molecule has 0 saturated carbocycles. The zero-order valence-electron chi connectivity index (χ0n) is 12.1. The lowest BCUT2D eigenvalue weighted by Gasteiger charge is -2.18. The van der Waals surface area contributed by atoms with Gasteiger partial charge in [0.2, 0.25) is 0 Å². The first-order valence-electron chi connectivity index (χ1n) is 6.35. The molecule has 0 spiro atoms. The Morgan fingerprint density at radius 1 is 1.22 bits per heavy atom. The fraction of sp³-hybridized carbons (Fsp3) is 0.533. The van der Waals surface area contributed by atoms with Crippen LogP contribution in [0.5, 0.6) is 0 Å². The van der Waals surface area contributed by atoms with Crippen LogP contribution in [0.15, 0.2) is 12.1 Å². The Labute approximate surface area is 110 Å². The summed E-state index contributed by atoms with van der Waals surface area (Å²) in [7, 11) is 0. The smallest absolute Gasteiger partial charge is 0.251 e. The zero-order chi connectivity index (χ0) is 13.9. The van der Waals surface area contributed by atoms with Crippen molar-refractivity contribution in [1.82, 2.24) is 5.32 Å². The Hall–Kier alpha value is -1.51. The quantitative estimate of drug-likeness (QED) is 0.808. The highest BCUT2D eigenvalue weighted by Crippen LogP contribution is 2.19. The first kappa shape index (κ1) is 14.6. The number of benzene rings is 1. The summed E-state index contributed by atoms with van der Waals surface area (Å²) in [6.45, 7) is 11.1. The molecule has 1 amide bonds. The van der Waals surface area contributed by atoms with Crippen LogP contribution >= 0.6 is 0 Å². The summed E-state index contributed by atoms with van der Waals surface area (Å²) in [4.78, 5) is 12.0. The number of anilines is 1. The number of hydrogen-bond donors (Lipinski definition) is 2. The highest BCUT2D eigenvalue weighted by Gasteiger charge is 2.13. The van der Waals surface area contributed by atoms with Crippen molar-refractivity contribution < 1.29 is 4.79 Å². The third-order valence-corrected chi connectivity index (χ3v) is 3.02. The molecule has 0 heterocycles. The number of carbonyl (C=O) groups is 1. The molecule has 0 aromatic heterocycles. The van der Waals surface area contributed by atoms with Crippen LogP contribution in [0.1, 0.15) is 48.7 Å². The standard InChI is InChI=1S/C15H24N2O/c1-10-8-11(2)13(16)9-12(10)14(18)17-7-6-15(3,4)5/h8-9H,6-7,16H2,1-5H3,(H,17,18). The number of amides is 1. The van der Waals surface area contributed by atoms with E-state index in [-0.39, 0.29) is 11.3 Å². The SMILES string of the molecule is Cc1cc(C)c(C(=O)NCCC(C)(C)C)cc1N. The number of aryl methyl sites for hydroxylation is 2. The zero-order valence-corrected chi connectivity index (χ0v) is 12.1. The van der Waals surface area contributed by atoms with Crippen LogP contribution in [-0.2, 0) is 0 Å². The van der Waals surface area contributed by atoms with Crippen molar-refractivity contribution in [2.24, 2.45) is 5.41 Å². The molecule has 0 bridgehead atoms. The first-order chi connectivity index (χ1) is 8.20. The van der Waals surface area contributed by atoms with E-state index in [0.717, 1.165) is 17.5 Å². The van der Waals surface area contributed by atoms with Gasteiger partial charge >= 0.3 is 0 Å². The lowest BCUT2D eigenvalue weighted by Crippen LogP contribution is -2.28. The highest BCUT2D eigenvalue weighted by molar-refractivity contribution is 5.96. The van der Waals surface area contributed by atoms with Crippen molar-refractivity contribution in [2.75, 3.05) is 12.3 Å². The molecule has 0 aliphatic heterocycles. The van der Waals surface area contributed by atoms with Crippen LogP contribution in [0, 0.1) is 19.3 Å². The highest BCUT2D eigenvalue weighted by atomic mass is 16.1. The molecule has 0 radical (unpaired) electrons. The molecule has 0 saturated heterocycles. The molecule has 3 heteroatoms. The lowest BCUT2D eigenvalue weighted by molar-refractivity contribution is 0.0949. The van der Waals surface area contributed by atoms with Gasteiger partial charge in [-0.05, 0) is 42.9 Å². The summed E-state index contributed by atoms with van der Waals surface area (Å²) >= 11 is 0. The van der Waals surface area contributed by atoms with Gasteiger partial charge in [0.15, 0.2) is 0 Å². The molecule has 1 rings (SSSR count). The summed E-state index contributed by atoms with van der Waals surface area (Å²) in [5, 5.41) is 2.95. The van der Waals surface area contributed by atoms with Crippen LogP contribution in [0.4, 0.5) is 5.69 Å². The van der Waals surface area contributed by atoms with E-state index < -0.39 is 0 Å². The number of rotatable bonds is 3. The van der Waals surface area contributed by atoms with Crippen molar-refractivity contribution in [1.29, 1.82) is 0 Å². The van der Waals surface area contributed by atoms with Gasteiger partial charge in [-0.15, -0.1) is 0 Å². The molecule has 18 heavy (non-hydrogen) atoms. The molecule has 0 fully saturated rings. The monoisotopic (exact) mass is 248 g/mol. The largest absolute Gasteiger partial charge is 0.398 e. The molecule has 1 aromatic carbocycles. The maximum Gasteiger partial charge on any atom is 0.251 e. The van der Waals surface area contributed by atoms with Crippen LogP contribution in [-0.4, -0.2) is 12.5 Å². The summed E-state index contributed by atoms with van der Waals surface area (Å²) in [5.41, 5.74) is 9.40. The Bertz CT molecular complexity index is 445. The maximum atomic E-state index is 12.0. The third-order valence-electron chi connectivity index (χ3n) is 3.02. The number of nitrogens with two attached hydrogens (primary N) is 1. The molecule has 3 N–H and O–H groups in total. The van der Waals surface area contributed by atoms with E-state index >= 15 is 0 Å². The Kier molecular flexibility index (Phi) is 4.38. The fourth-order valence-electron chi connectivity index (χ4n) is 1.76. The van der Waals surface area contributed by atoms with E-state index in [1.54, 1.807) is 6.07 Å². The molecule has 3 nitrogen and oxygen atoms in total. The molecule has 0 aliphatic rings. The van der Waals surface area contributed by atoms with E-state index in [0.29, 0.717) is 17.8 Å². The van der Waals surface area contributed by atoms with Gasteiger partial charge in [-0.2, -0.15) is 0 Å². The summed E-state index contributed by atoms with van der Waals surface area (Å²) < 4.78 is 0. The van der Waals surface area contributed by atoms with Crippen molar-refractivity contribution >= 4 is 11.6 Å². The van der Waals surface area contributed by atoms with Gasteiger partial charge in [0.1, 0.15) is 0 Å². The number of nitrogens with one attached hydrogen (secondary N) is 1. The predicted molar refractivity (Wildman–Crippen MR) is 76.7 cm³/mol. The van der Waals surface area contributed by atoms with Gasteiger partial charge in [0.25, 0.3) is 5.91 Å². The average Bonchev–Trinajstić information content (AvgIpc) is 2.21. The topological polar surface area (TPSA) is 55.1 Å². The van der Waals surface area contributed by atoms with Crippen molar-refractivity contribution in [3.63, 3.8) is 0 Å². The van der Waals surface area contributed by atoms with Crippen molar-refractivity contribution in [3.05, 3.63) is 28.8 Å². The molecule has 0 aliphatic carbocycles. The maximum absolute atomic E-state index is 12.0. The summed E-state index contributed by atoms with van der Waals surface area (Å²) in [6.07, 6.45) is 0.957. The van der Waals surface area contributed by atoms with Gasteiger partial charge in [-0.3, -0.25) is 4.79 Å². The second kappa shape index (κ2) is 5.42. The van der Waals surface area contributed by atoms with Crippen LogP contribution < -0.4 is 11.1 Å². The Balaban J connectivity index is 2.70. The van der Waals surface area contributed by atoms with Gasteiger partial charge < -0.3 is 11.1 Å². The number of nitrogen functional groups attached to an aromatic ring is 1. The minimum Gasteiger partial charge on any atom is -0.398 e. The second-order valence-corrected chi connectivity index (χ2v) is 6.09. The molecule has 100 valence electrons. The Morgan fingerprint density at radius 3 is 2.39 bits per heavy atom. The van der Waals surface area contributed by atoms with Crippen LogP contribution in [0.3, 0.4) is 0 Å². The predicted octanol–water partition coefficient (Wildman–Crippen LogP) is 3.05. The molecule has 1 aromatic rings. The van der Waals surface area contributed by atoms with Crippen LogP contribution in [0.2, 0.25) is 0 Å². The average molecular weight is 248 g/mol. The third kappa shape index (κ3) is 4.06. The van der Waals surface area contributed by atoms with Crippen molar-refractivity contribution in [2.45, 2.75) is 41.0 Å². The van der Waals surface area contributed by atoms with Gasteiger partial charge in [-0.1, -0.05) is 26.8 Å². The fourth-order valence-corrected chi connectivity index (χ4v) is 1.76. The number of hydrogen-bond acceptors (Lipinski definition) is 2. The molecular formula is C15H24N2O. The van der Waals surface area contributed by atoms with E-state index in [9.17, 15) is 4.79 Å². The summed E-state index contributed by atoms with van der Waals surface area (Å²) in [5.74, 6) is -0.0385. The lowest BCUT2D eigenvalue weighted by atomic mass is 9.92. The second-order valence-electron chi connectivity index (χ2n) is 6.09. The molecular weight excluding hydrogens is 224 g/mol. The minimum absolute atomic E-state index is 0.0385. The van der Waals surface area contributed by atoms with Gasteiger partial charge in [0, 0.05) is 17.8 Å². The van der Waals surface area contributed by atoms with Crippen molar-refractivity contribution in [3.8, 4) is 0 Å². The van der Waals surface area contributed by atoms with Gasteiger partial charge in [-0.25, -0.2) is 0 Å². The molecule has 0 unspecified atom stereocenters. The number of carbonyl (C=O) groups excluding carboxylic acids is 1. The van der Waals surface area contributed by atoms with Crippen LogP contribution in [0.25, 0.3) is 0 Å². The van der Waals surface area contributed by atoms with E-state index in [1.807, 2.05) is 19.9 Å². The van der Waals surface area contributed by atoms with E-state index in [1.165, 1.54) is 0 Å². The summed E-state index contributed by atoms with van der Waals surface area (Å²) in [6, 6.07) is 3.71. The Morgan fingerprint density at radius 2 is 1.83 bits per heavy atom. The minimum atomic E-state index is -0.0385.